The van der Waals surface area contributed by atoms with Crippen molar-refractivity contribution < 1.29 is 0 Å². The molecule has 0 aromatic heterocycles. The molecule has 124 valence electrons. The lowest BCUT2D eigenvalue weighted by molar-refractivity contribution is 1.37. The maximum absolute atomic E-state index is 3.77. The second-order valence-corrected chi connectivity index (χ2v) is 11.4. The molecule has 0 radical (unpaired) electrons. The molecule has 0 heterocycles. The third-order valence-corrected chi connectivity index (χ3v) is 6.44. The second kappa shape index (κ2) is 7.04. The molecule has 0 saturated heterocycles. The topological polar surface area (TPSA) is 12.0 Å². The van der Waals surface area contributed by atoms with Crippen LogP contribution in [0.1, 0.15) is 0 Å². The first-order chi connectivity index (χ1) is 11.5. The van der Waals surface area contributed by atoms with Crippen molar-refractivity contribution >= 4 is 37.3 Å². The Balaban J connectivity index is 2.14. The van der Waals surface area contributed by atoms with Crippen LogP contribution < -0.4 is 5.32 Å². The van der Waals surface area contributed by atoms with Crippen LogP contribution >= 0.6 is 26.0 Å². The number of hydrogen-bond donors (Lipinski definition) is 1. The zero-order chi connectivity index (χ0) is 17.2. The Morgan fingerprint density at radius 2 is 1.33 bits per heavy atom. The molecule has 0 unspecified atom stereocenters. The normalized spacial score (nSPS) is 12.0. The molecule has 1 nitrogen and oxygen atoms in total. The van der Waals surface area contributed by atoms with Crippen LogP contribution in [0.4, 0.5) is 11.4 Å². The molecule has 1 N–H and O–H groups in total. The minimum atomic E-state index is -0.877. The number of benzene rings is 3. The lowest BCUT2D eigenvalue weighted by atomic mass is 10.0. The van der Waals surface area contributed by atoms with Crippen LogP contribution in [0.2, 0.25) is 0 Å². The van der Waals surface area contributed by atoms with Gasteiger partial charge < -0.3 is 5.32 Å². The van der Waals surface area contributed by atoms with Crippen molar-refractivity contribution in [3.05, 3.63) is 77.3 Å². The number of halogens is 1. The summed E-state index contributed by atoms with van der Waals surface area (Å²) in [6.07, 6.45) is 7.01. The molecule has 0 aliphatic rings. The van der Waals surface area contributed by atoms with E-state index in [1.54, 1.807) is 0 Å². The summed E-state index contributed by atoms with van der Waals surface area (Å²) in [5.41, 5.74) is 4.77. The van der Waals surface area contributed by atoms with E-state index in [0.29, 0.717) is 0 Å². The number of rotatable bonds is 4. The van der Waals surface area contributed by atoms with Crippen molar-refractivity contribution in [2.45, 2.75) is 4.90 Å². The van der Waals surface area contributed by atoms with Gasteiger partial charge in [-0.2, -0.15) is 0 Å². The summed E-state index contributed by atoms with van der Waals surface area (Å²) in [5.74, 6) is 0. The Hall–Kier alpha value is -1.71. The van der Waals surface area contributed by atoms with Gasteiger partial charge in [-0.25, -0.2) is 10.0 Å². The Morgan fingerprint density at radius 1 is 0.708 bits per heavy atom. The molecule has 3 aromatic rings. The Labute approximate surface area is 154 Å². The Morgan fingerprint density at radius 3 is 2.04 bits per heavy atom. The van der Waals surface area contributed by atoms with Gasteiger partial charge in [0.05, 0.1) is 0 Å². The van der Waals surface area contributed by atoms with Gasteiger partial charge in [0.2, 0.25) is 0 Å². The first kappa shape index (κ1) is 17.1. The third kappa shape index (κ3) is 3.68. The summed E-state index contributed by atoms with van der Waals surface area (Å²) in [4.78, 5) is 1.41. The van der Waals surface area contributed by atoms with E-state index in [1.165, 1.54) is 20.5 Å². The molecule has 0 atom stereocenters. The van der Waals surface area contributed by atoms with E-state index in [2.05, 4.69) is 107 Å². The van der Waals surface area contributed by atoms with Crippen LogP contribution in [-0.4, -0.2) is 18.8 Å². The summed E-state index contributed by atoms with van der Waals surface area (Å²) in [6, 6.07) is 25.3. The van der Waals surface area contributed by atoms with Crippen molar-refractivity contribution in [2.24, 2.45) is 0 Å². The van der Waals surface area contributed by atoms with Crippen LogP contribution in [0, 0.1) is 0 Å². The van der Waals surface area contributed by atoms with Gasteiger partial charge in [-0.3, -0.25) is 0 Å². The lowest BCUT2D eigenvalue weighted by Gasteiger charge is -2.30. The molecule has 0 fully saturated rings. The van der Waals surface area contributed by atoms with Gasteiger partial charge in [-0.1, -0.05) is 48.5 Å². The highest BCUT2D eigenvalue weighted by Gasteiger charge is 2.19. The minimum Gasteiger partial charge on any atom is -0.355 e. The van der Waals surface area contributed by atoms with Gasteiger partial charge in [0.25, 0.3) is 0 Å². The molecule has 0 amide bonds. The van der Waals surface area contributed by atoms with E-state index < -0.39 is 10.0 Å². The average molecular weight is 400 g/mol. The molecule has 3 rings (SSSR count). The van der Waals surface area contributed by atoms with E-state index in [0.717, 1.165) is 11.4 Å². The van der Waals surface area contributed by atoms with E-state index >= 15 is 0 Å². The summed E-state index contributed by atoms with van der Waals surface area (Å²) in [5, 5.41) is 3.56. The van der Waals surface area contributed by atoms with Crippen LogP contribution in [-0.2, 0) is 0 Å². The molecular formula is C21H22BrNS. The second-order valence-electron chi connectivity index (χ2n) is 6.49. The maximum atomic E-state index is 3.77. The van der Waals surface area contributed by atoms with Crippen molar-refractivity contribution in [2.75, 3.05) is 24.1 Å². The summed E-state index contributed by atoms with van der Waals surface area (Å²) in [6.45, 7) is 0. The molecule has 3 heteroatoms. The van der Waals surface area contributed by atoms with Crippen molar-refractivity contribution in [3.8, 4) is 11.1 Å². The average Bonchev–Trinajstić information content (AvgIpc) is 2.55. The van der Waals surface area contributed by atoms with Crippen molar-refractivity contribution in [1.82, 2.24) is 0 Å². The zero-order valence-electron chi connectivity index (χ0n) is 14.2. The lowest BCUT2D eigenvalue weighted by Crippen LogP contribution is -2.00. The van der Waals surface area contributed by atoms with Gasteiger partial charge in [0.1, 0.15) is 0 Å². The molecule has 0 aliphatic heterocycles. The third-order valence-electron chi connectivity index (χ3n) is 3.85. The Kier molecular flexibility index (Phi) is 5.02. The molecule has 0 spiro atoms. The highest BCUT2D eigenvalue weighted by molar-refractivity contribution is 9.10. The minimum absolute atomic E-state index is 0.877. The number of hydrogen-bond acceptors (Lipinski definition) is 1. The van der Waals surface area contributed by atoms with Gasteiger partial charge >= 0.3 is 0 Å². The van der Waals surface area contributed by atoms with Crippen LogP contribution in [0.3, 0.4) is 0 Å². The van der Waals surface area contributed by atoms with Gasteiger partial charge in [0.15, 0.2) is 0 Å². The van der Waals surface area contributed by atoms with E-state index in [1.807, 2.05) is 6.07 Å². The van der Waals surface area contributed by atoms with E-state index in [4.69, 9.17) is 0 Å². The predicted octanol–water partition coefficient (Wildman–Crippen LogP) is 6.91. The molecule has 24 heavy (non-hydrogen) atoms. The smallest absolute Gasteiger partial charge is 0.0464 e. The first-order valence-electron chi connectivity index (χ1n) is 7.85. The summed E-state index contributed by atoms with van der Waals surface area (Å²) < 4.78 is 1.19. The Bertz CT molecular complexity index is 838. The standard InChI is InChI=1S/C21H22BrNS/c1-24(2,3)21-18(13-9-14-19(21)22)17-12-7-8-15-20(17)23-16-10-5-4-6-11-16/h4-15,23H,1-3H3. The molecule has 0 aliphatic carbocycles. The fourth-order valence-corrected chi connectivity index (χ4v) is 6.16. The first-order valence-corrected chi connectivity index (χ1v) is 11.5. The predicted molar refractivity (Wildman–Crippen MR) is 113 cm³/mol. The van der Waals surface area contributed by atoms with Gasteiger partial charge in [-0.05, 0) is 64.5 Å². The largest absolute Gasteiger partial charge is 0.355 e. The van der Waals surface area contributed by atoms with Gasteiger partial charge in [0, 0.05) is 26.3 Å². The van der Waals surface area contributed by atoms with E-state index in [-0.39, 0.29) is 0 Å². The van der Waals surface area contributed by atoms with Crippen LogP contribution in [0.5, 0.6) is 0 Å². The highest BCUT2D eigenvalue weighted by atomic mass is 79.9. The van der Waals surface area contributed by atoms with Crippen molar-refractivity contribution in [3.63, 3.8) is 0 Å². The molecule has 0 saturated carbocycles. The highest BCUT2D eigenvalue weighted by Crippen LogP contribution is 2.54. The number of para-hydroxylation sites is 2. The quantitative estimate of drug-likeness (QED) is 0.502. The summed E-state index contributed by atoms with van der Waals surface area (Å²) >= 11 is 3.77. The van der Waals surface area contributed by atoms with Crippen LogP contribution in [0.15, 0.2) is 82.2 Å². The van der Waals surface area contributed by atoms with Crippen molar-refractivity contribution in [1.29, 1.82) is 0 Å². The van der Waals surface area contributed by atoms with Gasteiger partial charge in [-0.15, -0.1) is 0 Å². The maximum Gasteiger partial charge on any atom is 0.0464 e. The zero-order valence-corrected chi connectivity index (χ0v) is 16.6. The van der Waals surface area contributed by atoms with E-state index in [9.17, 15) is 0 Å². The SMILES string of the molecule is CS(C)(C)c1c(Br)cccc1-c1ccccc1Nc1ccccc1. The molecule has 3 aromatic carbocycles. The fraction of sp³-hybridized carbons (Fsp3) is 0.143. The molecule has 0 bridgehead atoms. The number of anilines is 2. The monoisotopic (exact) mass is 399 g/mol. The molecular weight excluding hydrogens is 378 g/mol. The number of nitrogens with one attached hydrogen (secondary N) is 1. The fourth-order valence-electron chi connectivity index (χ4n) is 2.85. The van der Waals surface area contributed by atoms with Crippen LogP contribution in [0.25, 0.3) is 11.1 Å². The summed E-state index contributed by atoms with van der Waals surface area (Å²) in [7, 11) is -0.877.